The number of nitrogens with two attached hydrogens (primary N) is 1. The summed E-state index contributed by atoms with van der Waals surface area (Å²) in [5.74, 6) is 1.22. The average molecular weight is 279 g/mol. The van der Waals surface area contributed by atoms with Gasteiger partial charge in [0.1, 0.15) is 11.6 Å². The van der Waals surface area contributed by atoms with Gasteiger partial charge in [0.25, 0.3) is 0 Å². The van der Waals surface area contributed by atoms with E-state index in [1.54, 1.807) is 17.5 Å². The monoisotopic (exact) mass is 279 g/mol. The number of nitrogens with zero attached hydrogens (tertiary/aromatic N) is 3. The molecular formula is C13H19N4OS+. The molecule has 0 amide bonds. The second-order valence-corrected chi connectivity index (χ2v) is 5.80. The fourth-order valence-electron chi connectivity index (χ4n) is 2.06. The summed E-state index contributed by atoms with van der Waals surface area (Å²) in [7, 11) is 0. The van der Waals surface area contributed by atoms with Gasteiger partial charge in [0.15, 0.2) is 12.2 Å². The molecule has 0 aromatic carbocycles. The maximum atomic E-state index is 9.07. The number of nitrogen functional groups attached to an aromatic ring is 1. The number of aliphatic hydroxyl groups is 1. The van der Waals surface area contributed by atoms with E-state index in [1.165, 1.54) is 15.6 Å². The lowest BCUT2D eigenvalue weighted by Crippen LogP contribution is -2.38. The van der Waals surface area contributed by atoms with Crippen LogP contribution in [-0.2, 0) is 13.0 Å². The molecule has 0 fully saturated rings. The van der Waals surface area contributed by atoms with Crippen LogP contribution in [0.25, 0.3) is 0 Å². The van der Waals surface area contributed by atoms with Gasteiger partial charge in [0, 0.05) is 33.1 Å². The molecule has 2 rings (SSSR count). The molecular weight excluding hydrogens is 260 g/mol. The Labute approximate surface area is 116 Å². The molecule has 0 bridgehead atoms. The molecule has 102 valence electrons. The van der Waals surface area contributed by atoms with Crippen LogP contribution in [-0.4, -0.2) is 21.7 Å². The molecule has 3 N–H and O–H groups in total. The predicted octanol–water partition coefficient (Wildman–Crippen LogP) is 0.916. The van der Waals surface area contributed by atoms with E-state index >= 15 is 0 Å². The van der Waals surface area contributed by atoms with Crippen molar-refractivity contribution in [3.63, 3.8) is 0 Å². The molecule has 0 saturated carbocycles. The van der Waals surface area contributed by atoms with E-state index in [4.69, 9.17) is 10.8 Å². The highest BCUT2D eigenvalue weighted by atomic mass is 32.1. The van der Waals surface area contributed by atoms with Crippen molar-refractivity contribution in [2.45, 2.75) is 33.7 Å². The Morgan fingerprint density at radius 3 is 2.74 bits per heavy atom. The zero-order valence-electron chi connectivity index (χ0n) is 11.5. The summed E-state index contributed by atoms with van der Waals surface area (Å²) < 4.78 is 2.19. The molecule has 0 unspecified atom stereocenters. The lowest BCUT2D eigenvalue weighted by atomic mass is 10.2. The van der Waals surface area contributed by atoms with Crippen molar-refractivity contribution >= 4 is 17.2 Å². The highest BCUT2D eigenvalue weighted by Gasteiger charge is 2.21. The zero-order chi connectivity index (χ0) is 14.0. The molecule has 0 radical (unpaired) electrons. The molecule has 0 spiro atoms. The van der Waals surface area contributed by atoms with E-state index in [9.17, 15) is 0 Å². The second kappa shape index (κ2) is 5.63. The van der Waals surface area contributed by atoms with Gasteiger partial charge in [-0.3, -0.25) is 0 Å². The normalized spacial score (nSPS) is 10.9. The van der Waals surface area contributed by atoms with E-state index in [2.05, 4.69) is 28.4 Å². The summed E-state index contributed by atoms with van der Waals surface area (Å²) in [6, 6.07) is 0. The van der Waals surface area contributed by atoms with Gasteiger partial charge < -0.3 is 10.8 Å². The van der Waals surface area contributed by atoms with E-state index in [0.717, 1.165) is 5.56 Å². The Morgan fingerprint density at radius 1 is 1.37 bits per heavy atom. The maximum absolute atomic E-state index is 9.07. The first-order valence-electron chi connectivity index (χ1n) is 6.20. The molecule has 2 aromatic heterocycles. The fourth-order valence-corrected chi connectivity index (χ4v) is 3.18. The number of thiazole rings is 1. The first-order chi connectivity index (χ1) is 9.02. The minimum absolute atomic E-state index is 0.177. The van der Waals surface area contributed by atoms with Crippen molar-refractivity contribution in [1.29, 1.82) is 0 Å². The maximum Gasteiger partial charge on any atom is 0.234 e. The summed E-state index contributed by atoms with van der Waals surface area (Å²) in [4.78, 5) is 9.60. The van der Waals surface area contributed by atoms with Crippen molar-refractivity contribution in [2.75, 3.05) is 12.3 Å². The SMILES string of the molecule is Cc1ncc(C[n+]2c(C)sc(CCO)c2C)c(N)n1. The van der Waals surface area contributed by atoms with Crippen LogP contribution in [0.3, 0.4) is 0 Å². The summed E-state index contributed by atoms with van der Waals surface area (Å²) >= 11 is 1.72. The first-order valence-corrected chi connectivity index (χ1v) is 7.02. The van der Waals surface area contributed by atoms with Crippen LogP contribution >= 0.6 is 11.3 Å². The van der Waals surface area contributed by atoms with Gasteiger partial charge in [-0.15, -0.1) is 0 Å². The van der Waals surface area contributed by atoms with Gasteiger partial charge >= 0.3 is 0 Å². The number of anilines is 1. The summed E-state index contributed by atoms with van der Waals surface area (Å²) in [5, 5.41) is 10.3. The summed E-state index contributed by atoms with van der Waals surface area (Å²) in [6.07, 6.45) is 2.48. The lowest BCUT2D eigenvalue weighted by Gasteiger charge is -2.03. The number of aliphatic hydroxyl groups excluding tert-OH is 1. The Hall–Kier alpha value is -1.53. The third-order valence-corrected chi connectivity index (χ3v) is 4.41. The molecule has 5 nitrogen and oxygen atoms in total. The summed E-state index contributed by atoms with van der Waals surface area (Å²) in [5.41, 5.74) is 8.04. The Morgan fingerprint density at radius 2 is 2.11 bits per heavy atom. The highest BCUT2D eigenvalue weighted by Crippen LogP contribution is 2.17. The van der Waals surface area contributed by atoms with Gasteiger partial charge in [-0.1, -0.05) is 11.3 Å². The van der Waals surface area contributed by atoms with Gasteiger partial charge in [-0.2, -0.15) is 4.57 Å². The van der Waals surface area contributed by atoms with Crippen LogP contribution in [0.2, 0.25) is 0 Å². The number of hydrogen-bond donors (Lipinski definition) is 2. The topological polar surface area (TPSA) is 75.9 Å². The van der Waals surface area contributed by atoms with Crippen LogP contribution in [0.15, 0.2) is 6.20 Å². The highest BCUT2D eigenvalue weighted by molar-refractivity contribution is 7.11. The van der Waals surface area contributed by atoms with E-state index < -0.39 is 0 Å². The predicted molar refractivity (Wildman–Crippen MR) is 75.1 cm³/mol. The van der Waals surface area contributed by atoms with Crippen LogP contribution in [0.5, 0.6) is 0 Å². The van der Waals surface area contributed by atoms with Gasteiger partial charge in [-0.25, -0.2) is 9.97 Å². The van der Waals surface area contributed by atoms with E-state index in [-0.39, 0.29) is 6.61 Å². The third-order valence-electron chi connectivity index (χ3n) is 3.15. The van der Waals surface area contributed by atoms with E-state index in [1.807, 2.05) is 6.92 Å². The fraction of sp³-hybridized carbons (Fsp3) is 0.462. The minimum atomic E-state index is 0.177. The molecule has 2 aromatic rings. The second-order valence-electron chi connectivity index (χ2n) is 4.52. The number of aryl methyl sites for hydroxylation is 2. The number of aromatic nitrogens is 3. The zero-order valence-corrected chi connectivity index (χ0v) is 12.3. The molecule has 6 heteroatoms. The van der Waals surface area contributed by atoms with Crippen molar-refractivity contribution in [2.24, 2.45) is 0 Å². The van der Waals surface area contributed by atoms with Gasteiger partial charge in [0.05, 0.1) is 10.4 Å². The van der Waals surface area contributed by atoms with E-state index in [0.29, 0.717) is 24.6 Å². The Balaban J connectivity index is 2.33. The van der Waals surface area contributed by atoms with Crippen molar-refractivity contribution in [1.82, 2.24) is 9.97 Å². The van der Waals surface area contributed by atoms with Crippen LogP contribution in [0.4, 0.5) is 5.82 Å². The van der Waals surface area contributed by atoms with Crippen LogP contribution in [0.1, 0.15) is 27.0 Å². The van der Waals surface area contributed by atoms with Crippen LogP contribution < -0.4 is 10.3 Å². The average Bonchev–Trinajstić information content (AvgIpc) is 2.60. The van der Waals surface area contributed by atoms with Crippen molar-refractivity contribution < 1.29 is 9.67 Å². The Kier molecular flexibility index (Phi) is 4.11. The quantitative estimate of drug-likeness (QED) is 0.816. The van der Waals surface area contributed by atoms with Crippen molar-refractivity contribution in [3.8, 4) is 0 Å². The lowest BCUT2D eigenvalue weighted by molar-refractivity contribution is -0.695. The molecule has 19 heavy (non-hydrogen) atoms. The van der Waals surface area contributed by atoms with Gasteiger partial charge in [-0.05, 0) is 6.92 Å². The Bertz CT molecular complexity index is 595. The largest absolute Gasteiger partial charge is 0.396 e. The van der Waals surface area contributed by atoms with Crippen LogP contribution in [0, 0.1) is 20.8 Å². The molecule has 0 aliphatic rings. The number of rotatable bonds is 4. The molecule has 2 heterocycles. The number of hydrogen-bond acceptors (Lipinski definition) is 5. The third kappa shape index (κ3) is 2.90. The first kappa shape index (κ1) is 13.9. The minimum Gasteiger partial charge on any atom is -0.396 e. The smallest absolute Gasteiger partial charge is 0.234 e. The summed E-state index contributed by atoms with van der Waals surface area (Å²) in [6.45, 7) is 6.82. The van der Waals surface area contributed by atoms with Gasteiger partial charge in [0.2, 0.25) is 5.01 Å². The molecule has 0 saturated heterocycles. The molecule has 0 aliphatic heterocycles. The molecule has 0 aliphatic carbocycles. The van der Waals surface area contributed by atoms with Crippen molar-refractivity contribution in [3.05, 3.63) is 33.2 Å². The standard InChI is InChI=1S/C13H19N4OS/c1-8-12(4-5-18)19-10(3)17(8)7-11-6-15-9(2)16-13(11)14/h6,18H,4-5,7H2,1-3H3,(H2,14,15,16)/q+1. The molecule has 0 atom stereocenters.